The third-order valence-electron chi connectivity index (χ3n) is 6.94. The summed E-state index contributed by atoms with van der Waals surface area (Å²) in [7, 11) is 5.34. The fourth-order valence-electron chi connectivity index (χ4n) is 4.60. The van der Waals surface area contributed by atoms with Crippen molar-refractivity contribution in [1.82, 2.24) is 29.4 Å². The molecule has 42 heavy (non-hydrogen) atoms. The minimum atomic E-state index is -4.57. The molecule has 4 heterocycles. The van der Waals surface area contributed by atoms with Gasteiger partial charge in [-0.05, 0) is 38.6 Å². The summed E-state index contributed by atoms with van der Waals surface area (Å²) in [6, 6.07) is 3.65. The van der Waals surface area contributed by atoms with E-state index in [1.807, 2.05) is 7.05 Å². The van der Waals surface area contributed by atoms with Gasteiger partial charge >= 0.3 is 6.18 Å². The molecule has 1 fully saturated rings. The lowest BCUT2D eigenvalue weighted by Crippen LogP contribution is -2.30. The van der Waals surface area contributed by atoms with E-state index in [2.05, 4.69) is 35.5 Å². The first-order chi connectivity index (χ1) is 20.1. The van der Waals surface area contributed by atoms with Gasteiger partial charge in [0, 0.05) is 38.1 Å². The number of likely N-dealkylation sites (tertiary alicyclic amines) is 1. The zero-order chi connectivity index (χ0) is 30.0. The molecule has 3 aromatic heterocycles. The minimum absolute atomic E-state index is 0.102. The Balaban J connectivity index is 1.41. The summed E-state index contributed by atoms with van der Waals surface area (Å²) in [5, 5.41) is 5.99. The molecule has 1 aliphatic rings. The lowest BCUT2D eigenvalue weighted by molar-refractivity contribution is -0.137. The van der Waals surface area contributed by atoms with Gasteiger partial charge in [0.25, 0.3) is 0 Å². The molecule has 0 saturated carbocycles. The minimum Gasteiger partial charge on any atom is -0.492 e. The Kier molecular flexibility index (Phi) is 8.27. The maximum atomic E-state index is 13.7. The van der Waals surface area contributed by atoms with Crippen LogP contribution < -0.4 is 25.8 Å². The Labute approximate surface area is 244 Å². The molecule has 4 N–H and O–H groups in total. The number of hydrogen-bond acceptors (Lipinski definition) is 10. The molecule has 4 aromatic rings. The molecule has 1 aromatic carbocycles. The van der Waals surface area contributed by atoms with Crippen LogP contribution in [0, 0.1) is 0 Å². The van der Waals surface area contributed by atoms with Gasteiger partial charge in [-0.1, -0.05) is 11.6 Å². The molecule has 15 heteroatoms. The van der Waals surface area contributed by atoms with Crippen molar-refractivity contribution in [2.45, 2.75) is 25.1 Å². The molecule has 0 aliphatic carbocycles. The van der Waals surface area contributed by atoms with Crippen LogP contribution in [0.3, 0.4) is 0 Å². The van der Waals surface area contributed by atoms with Gasteiger partial charge in [0.2, 0.25) is 5.95 Å². The number of nitrogens with zero attached hydrogens (tertiary/aromatic N) is 6. The van der Waals surface area contributed by atoms with E-state index in [0.29, 0.717) is 17.0 Å². The van der Waals surface area contributed by atoms with Gasteiger partial charge in [0.1, 0.15) is 34.4 Å². The van der Waals surface area contributed by atoms with Crippen molar-refractivity contribution in [3.8, 4) is 11.5 Å². The number of nitrogens with two attached hydrogens (primary N) is 1. The van der Waals surface area contributed by atoms with Crippen molar-refractivity contribution in [1.29, 1.82) is 0 Å². The number of anilines is 3. The number of hydrogen-bond donors (Lipinski definition) is 3. The zero-order valence-electron chi connectivity index (χ0n) is 23.0. The van der Waals surface area contributed by atoms with Gasteiger partial charge in [-0.15, -0.1) is 0 Å². The molecule has 222 valence electrons. The van der Waals surface area contributed by atoms with E-state index >= 15 is 0 Å². The van der Waals surface area contributed by atoms with Crippen LogP contribution in [0.5, 0.6) is 11.5 Å². The van der Waals surface area contributed by atoms with Crippen molar-refractivity contribution < 1.29 is 22.6 Å². The lowest BCUT2D eigenvalue weighted by atomic mass is 10.1. The highest BCUT2D eigenvalue weighted by Gasteiger charge is 2.32. The predicted octanol–water partition coefficient (Wildman–Crippen LogP) is 5.02. The highest BCUT2D eigenvalue weighted by molar-refractivity contribution is 6.36. The highest BCUT2D eigenvalue weighted by atomic mass is 35.5. The smallest absolute Gasteiger partial charge is 0.416 e. The van der Waals surface area contributed by atoms with E-state index in [-0.39, 0.29) is 52.2 Å². The monoisotopic (exact) mass is 603 g/mol. The summed E-state index contributed by atoms with van der Waals surface area (Å²) in [5.41, 5.74) is 6.07. The standard InChI is InChI=1S/C27H29ClF3N9O2/c1-33-22-13-34-19(11-35-22)20(10-32)42-21-12-36-25-24(23(21)28)40(3)26(38-25)37-16-7-15(27(29,30)31)8-18(9-16)41-14-17-5-4-6-39(17)2/h7-13,17H,4-6,14,32H2,1-3H3,(H,33,35)(H,36,37,38)/b20-10+/t17-/m1/s1. The molecule has 0 amide bonds. The molecule has 5 rings (SSSR count). The maximum absolute atomic E-state index is 13.7. The summed E-state index contributed by atoms with van der Waals surface area (Å²) in [4.78, 5) is 19.4. The number of aryl methyl sites for hydroxylation is 1. The van der Waals surface area contributed by atoms with E-state index in [4.69, 9.17) is 26.8 Å². The van der Waals surface area contributed by atoms with Gasteiger partial charge in [-0.25, -0.2) is 15.0 Å². The van der Waals surface area contributed by atoms with Crippen molar-refractivity contribution in [3.05, 3.63) is 59.3 Å². The van der Waals surface area contributed by atoms with E-state index in [9.17, 15) is 13.2 Å². The number of likely N-dealkylation sites (N-methyl/N-ethyl adjacent to an activating group) is 1. The molecule has 1 atom stereocenters. The second-order valence-corrected chi connectivity index (χ2v) is 10.1. The number of aromatic nitrogens is 5. The predicted molar refractivity (Wildman–Crippen MR) is 154 cm³/mol. The quantitative estimate of drug-likeness (QED) is 0.224. The van der Waals surface area contributed by atoms with Crippen LogP contribution in [-0.2, 0) is 13.2 Å². The molecule has 1 saturated heterocycles. The zero-order valence-corrected chi connectivity index (χ0v) is 23.8. The van der Waals surface area contributed by atoms with Crippen LogP contribution >= 0.6 is 11.6 Å². The normalized spacial score (nSPS) is 16.2. The number of imidazole rings is 1. The Morgan fingerprint density at radius 1 is 1.17 bits per heavy atom. The summed E-state index contributed by atoms with van der Waals surface area (Å²) < 4.78 is 54.5. The number of benzene rings is 1. The van der Waals surface area contributed by atoms with E-state index in [1.54, 1.807) is 18.7 Å². The molecule has 0 unspecified atom stereocenters. The van der Waals surface area contributed by atoms with Crippen molar-refractivity contribution in [2.24, 2.45) is 12.8 Å². The van der Waals surface area contributed by atoms with Crippen molar-refractivity contribution in [2.75, 3.05) is 37.9 Å². The second kappa shape index (κ2) is 11.9. The fraction of sp³-hybridized carbons (Fsp3) is 0.333. The van der Waals surface area contributed by atoms with Gasteiger partial charge in [-0.3, -0.25) is 0 Å². The summed E-state index contributed by atoms with van der Waals surface area (Å²) in [5.74, 6) is 1.23. The Morgan fingerprint density at radius 3 is 2.62 bits per heavy atom. The van der Waals surface area contributed by atoms with Crippen LogP contribution in [0.1, 0.15) is 24.1 Å². The Morgan fingerprint density at radius 2 is 1.98 bits per heavy atom. The third kappa shape index (κ3) is 6.14. The SMILES string of the molecule is CNc1cnc(/C(=C\N)Oc2cnc3nc(Nc4cc(OC[C@H]5CCCN5C)cc(C(F)(F)F)c4)n(C)c3c2Cl)cn1. The number of ether oxygens (including phenoxy) is 2. The number of fused-ring (bicyclic) bond motifs is 1. The van der Waals surface area contributed by atoms with Crippen LogP contribution in [0.4, 0.5) is 30.6 Å². The number of nitrogens with one attached hydrogen (secondary N) is 2. The number of halogens is 4. The topological polar surface area (TPSA) is 128 Å². The Hall–Kier alpha value is -4.30. The average molecular weight is 604 g/mol. The number of alkyl halides is 3. The van der Waals surface area contributed by atoms with Crippen molar-refractivity contribution >= 4 is 46.0 Å². The molecule has 0 bridgehead atoms. The lowest BCUT2D eigenvalue weighted by Gasteiger charge is -2.20. The van der Waals surface area contributed by atoms with E-state index in [1.165, 1.54) is 30.9 Å². The number of pyridine rings is 1. The molecule has 0 spiro atoms. The first kappa shape index (κ1) is 29.2. The summed E-state index contributed by atoms with van der Waals surface area (Å²) in [6.45, 7) is 1.22. The van der Waals surface area contributed by atoms with Crippen LogP contribution in [0.2, 0.25) is 5.02 Å². The summed E-state index contributed by atoms with van der Waals surface area (Å²) in [6.07, 6.45) is 2.97. The third-order valence-corrected chi connectivity index (χ3v) is 7.31. The fourth-order valence-corrected chi connectivity index (χ4v) is 4.90. The summed E-state index contributed by atoms with van der Waals surface area (Å²) >= 11 is 6.68. The molecular weight excluding hydrogens is 575 g/mol. The Bertz CT molecular complexity index is 1610. The van der Waals surface area contributed by atoms with Crippen molar-refractivity contribution in [3.63, 3.8) is 0 Å². The first-order valence-electron chi connectivity index (χ1n) is 13.0. The van der Waals surface area contributed by atoms with E-state index in [0.717, 1.165) is 31.5 Å². The average Bonchev–Trinajstić information content (AvgIpc) is 3.53. The van der Waals surface area contributed by atoms with Crippen LogP contribution in [-0.4, -0.2) is 62.7 Å². The molecule has 1 aliphatic heterocycles. The number of rotatable bonds is 9. The van der Waals surface area contributed by atoms with Gasteiger partial charge in [0.05, 0.1) is 24.2 Å². The van der Waals surface area contributed by atoms with E-state index < -0.39 is 11.7 Å². The van der Waals surface area contributed by atoms with Gasteiger partial charge in [0.15, 0.2) is 17.2 Å². The first-order valence-corrected chi connectivity index (χ1v) is 13.4. The second-order valence-electron chi connectivity index (χ2n) is 9.73. The highest BCUT2D eigenvalue weighted by Crippen LogP contribution is 2.37. The molecular formula is C27H29ClF3N9O2. The van der Waals surface area contributed by atoms with Crippen LogP contribution in [0.15, 0.2) is 43.0 Å². The van der Waals surface area contributed by atoms with Gasteiger partial charge < -0.3 is 35.3 Å². The maximum Gasteiger partial charge on any atom is 0.416 e. The molecule has 0 radical (unpaired) electrons. The van der Waals surface area contributed by atoms with Gasteiger partial charge in [-0.2, -0.15) is 18.2 Å². The van der Waals surface area contributed by atoms with Crippen LogP contribution in [0.25, 0.3) is 16.9 Å². The largest absolute Gasteiger partial charge is 0.492 e. The molecule has 11 nitrogen and oxygen atoms in total.